The van der Waals surface area contributed by atoms with Crippen molar-refractivity contribution in [1.82, 2.24) is 4.98 Å². The van der Waals surface area contributed by atoms with E-state index in [2.05, 4.69) is 9.72 Å². The minimum absolute atomic E-state index is 0.725. The summed E-state index contributed by atoms with van der Waals surface area (Å²) in [5.74, 6) is -0.725. The predicted octanol–water partition coefficient (Wildman–Crippen LogP) is 1.83. The van der Waals surface area contributed by atoms with Crippen molar-refractivity contribution in [3.63, 3.8) is 0 Å². The molecule has 1 aromatic rings. The van der Waals surface area contributed by atoms with Crippen molar-refractivity contribution in [1.29, 1.82) is 10.5 Å². The van der Waals surface area contributed by atoms with Gasteiger partial charge in [-0.1, -0.05) is 0 Å². The lowest BCUT2D eigenvalue weighted by atomic mass is 10.2. The molecule has 0 saturated carbocycles. The summed E-state index contributed by atoms with van der Waals surface area (Å²) >= 11 is 0. The van der Waals surface area contributed by atoms with Crippen LogP contribution in [0.4, 0.5) is 13.2 Å². The van der Waals surface area contributed by atoms with E-state index in [0.29, 0.717) is 0 Å². The van der Waals surface area contributed by atoms with E-state index in [1.807, 2.05) is 0 Å². The summed E-state index contributed by atoms with van der Waals surface area (Å²) in [5, 5.41) is 16.6. The molecule has 7 heteroatoms. The van der Waals surface area contributed by atoms with Crippen molar-refractivity contribution in [2.75, 3.05) is 0 Å². The summed E-state index contributed by atoms with van der Waals surface area (Å²) < 4.78 is 41.4. The highest BCUT2D eigenvalue weighted by molar-refractivity contribution is 5.44. The molecule has 15 heavy (non-hydrogen) atoms. The molecule has 1 heterocycles. The predicted molar refractivity (Wildman–Crippen MR) is 40.2 cm³/mol. The molecule has 0 fully saturated rings. The van der Waals surface area contributed by atoms with Crippen LogP contribution in [0.2, 0.25) is 0 Å². The Morgan fingerprint density at radius 3 is 2.47 bits per heavy atom. The van der Waals surface area contributed by atoms with Crippen LogP contribution in [0.25, 0.3) is 0 Å². The van der Waals surface area contributed by atoms with Crippen LogP contribution in [0, 0.1) is 22.8 Å². The van der Waals surface area contributed by atoms with Crippen LogP contribution in [0.5, 0.6) is 5.75 Å². The summed E-state index contributed by atoms with van der Waals surface area (Å²) in [4.78, 5) is 3.24. The molecule has 0 aliphatic carbocycles. The van der Waals surface area contributed by atoms with Crippen molar-refractivity contribution in [3.8, 4) is 18.1 Å². The quantitative estimate of drug-likeness (QED) is 0.667. The van der Waals surface area contributed by atoms with Gasteiger partial charge >= 0.3 is 6.18 Å². The van der Waals surface area contributed by atoms with E-state index in [-0.39, 0.29) is 0 Å². The van der Waals surface area contributed by atoms with Crippen LogP contribution in [0.3, 0.4) is 0 Å². The third-order valence-electron chi connectivity index (χ3n) is 1.46. The lowest BCUT2D eigenvalue weighted by Gasteiger charge is -2.10. The highest BCUT2D eigenvalue weighted by Crippen LogP contribution is 2.37. The van der Waals surface area contributed by atoms with Gasteiger partial charge in [0.1, 0.15) is 11.6 Å². The van der Waals surface area contributed by atoms with Gasteiger partial charge in [0.2, 0.25) is 0 Å². The zero-order chi connectivity index (χ0) is 11.5. The number of ether oxygens (including phenoxy) is 1. The van der Waals surface area contributed by atoms with E-state index in [1.165, 1.54) is 6.07 Å². The van der Waals surface area contributed by atoms with Crippen LogP contribution in [0.1, 0.15) is 11.3 Å². The Morgan fingerprint density at radius 2 is 2.00 bits per heavy atom. The molecule has 0 amide bonds. The molecule has 1 aromatic heterocycles. The Bertz CT molecular complexity index is 456. The average molecular weight is 213 g/mol. The SMILES string of the molecule is N#COc1ccnc(C#N)c1C(F)(F)F. The summed E-state index contributed by atoms with van der Waals surface area (Å²) in [5.41, 5.74) is -2.16. The third kappa shape index (κ3) is 2.15. The number of pyridine rings is 1. The molecular formula is C8H2F3N3O. The molecule has 4 nitrogen and oxygen atoms in total. The lowest BCUT2D eigenvalue weighted by molar-refractivity contribution is -0.139. The zero-order valence-electron chi connectivity index (χ0n) is 7.04. The second-order valence-electron chi connectivity index (χ2n) is 2.34. The Kier molecular flexibility index (Phi) is 2.77. The Labute approximate surface area is 82.1 Å². The van der Waals surface area contributed by atoms with E-state index < -0.39 is 23.2 Å². The maximum Gasteiger partial charge on any atom is 0.422 e. The van der Waals surface area contributed by atoms with Gasteiger partial charge in [0.15, 0.2) is 11.4 Å². The number of rotatable bonds is 1. The van der Waals surface area contributed by atoms with Gasteiger partial charge < -0.3 is 4.74 Å². The van der Waals surface area contributed by atoms with Crippen molar-refractivity contribution in [2.45, 2.75) is 6.18 Å². The molecule has 0 saturated heterocycles. The molecular weight excluding hydrogens is 211 g/mol. The topological polar surface area (TPSA) is 69.7 Å². The first-order valence-corrected chi connectivity index (χ1v) is 3.53. The highest BCUT2D eigenvalue weighted by atomic mass is 19.4. The van der Waals surface area contributed by atoms with Gasteiger partial charge in [-0.05, 0) is 0 Å². The molecule has 76 valence electrons. The zero-order valence-corrected chi connectivity index (χ0v) is 7.04. The van der Waals surface area contributed by atoms with Crippen LogP contribution in [0.15, 0.2) is 12.3 Å². The van der Waals surface area contributed by atoms with Crippen LogP contribution in [-0.4, -0.2) is 4.98 Å². The second kappa shape index (κ2) is 3.84. The Hall–Kier alpha value is -2.28. The van der Waals surface area contributed by atoms with Gasteiger partial charge in [0.25, 0.3) is 6.26 Å². The molecule has 0 radical (unpaired) electrons. The summed E-state index contributed by atoms with van der Waals surface area (Å²) in [7, 11) is 0. The summed E-state index contributed by atoms with van der Waals surface area (Å²) in [6.07, 6.45) is -2.72. The smallest absolute Gasteiger partial charge is 0.387 e. The molecule has 0 aliphatic rings. The third-order valence-corrected chi connectivity index (χ3v) is 1.46. The fraction of sp³-hybridized carbons (Fsp3) is 0.125. The van der Waals surface area contributed by atoms with Crippen LogP contribution >= 0.6 is 0 Å². The van der Waals surface area contributed by atoms with Crippen LogP contribution in [-0.2, 0) is 6.18 Å². The average Bonchev–Trinajstić information content (AvgIpc) is 2.16. The van der Waals surface area contributed by atoms with Crippen molar-refractivity contribution in [2.24, 2.45) is 0 Å². The normalized spacial score (nSPS) is 10.2. The number of nitriles is 2. The monoisotopic (exact) mass is 213 g/mol. The van der Waals surface area contributed by atoms with Gasteiger partial charge in [-0.25, -0.2) is 4.98 Å². The molecule has 0 atom stereocenters. The van der Waals surface area contributed by atoms with E-state index >= 15 is 0 Å². The summed E-state index contributed by atoms with van der Waals surface area (Å²) in [6.45, 7) is 0. The minimum atomic E-state index is -4.79. The summed E-state index contributed by atoms with van der Waals surface area (Å²) in [6, 6.07) is 2.15. The first-order chi connectivity index (χ1) is 7.00. The maximum absolute atomic E-state index is 12.4. The molecule has 0 aromatic carbocycles. The Morgan fingerprint density at radius 1 is 1.33 bits per heavy atom. The van der Waals surface area contributed by atoms with Gasteiger partial charge in [-0.3, -0.25) is 0 Å². The number of alkyl halides is 3. The van der Waals surface area contributed by atoms with Crippen molar-refractivity contribution >= 4 is 0 Å². The fourth-order valence-corrected chi connectivity index (χ4v) is 0.937. The molecule has 0 N–H and O–H groups in total. The van der Waals surface area contributed by atoms with Gasteiger partial charge in [-0.2, -0.15) is 18.4 Å². The fourth-order valence-electron chi connectivity index (χ4n) is 0.937. The number of hydrogen-bond donors (Lipinski definition) is 0. The maximum atomic E-state index is 12.4. The van der Waals surface area contributed by atoms with Gasteiger partial charge in [0.05, 0.1) is 0 Å². The molecule has 1 rings (SSSR count). The largest absolute Gasteiger partial charge is 0.422 e. The standard InChI is InChI=1S/C8H2F3N3O/c9-8(10,11)7-5(3-12)14-2-1-6(7)15-4-13/h1-2H. The first-order valence-electron chi connectivity index (χ1n) is 3.53. The number of hydrogen-bond acceptors (Lipinski definition) is 4. The van der Waals surface area contributed by atoms with E-state index in [1.54, 1.807) is 0 Å². The molecule has 0 bridgehead atoms. The number of aromatic nitrogens is 1. The van der Waals surface area contributed by atoms with E-state index in [0.717, 1.165) is 18.5 Å². The molecule has 0 unspecified atom stereocenters. The Balaban J connectivity index is 3.44. The number of nitrogens with zero attached hydrogens (tertiary/aromatic N) is 3. The lowest BCUT2D eigenvalue weighted by Crippen LogP contribution is -2.11. The van der Waals surface area contributed by atoms with E-state index in [9.17, 15) is 13.2 Å². The molecule has 0 aliphatic heterocycles. The van der Waals surface area contributed by atoms with Crippen molar-refractivity contribution < 1.29 is 17.9 Å². The van der Waals surface area contributed by atoms with E-state index in [4.69, 9.17) is 10.5 Å². The molecule has 0 spiro atoms. The number of halogens is 3. The van der Waals surface area contributed by atoms with Gasteiger partial charge in [0, 0.05) is 12.3 Å². The van der Waals surface area contributed by atoms with Crippen molar-refractivity contribution in [3.05, 3.63) is 23.5 Å². The van der Waals surface area contributed by atoms with Crippen LogP contribution < -0.4 is 4.74 Å². The van der Waals surface area contributed by atoms with Gasteiger partial charge in [-0.15, -0.1) is 5.26 Å². The second-order valence-corrected chi connectivity index (χ2v) is 2.34. The highest BCUT2D eigenvalue weighted by Gasteiger charge is 2.38. The first kappa shape index (κ1) is 10.8. The minimum Gasteiger partial charge on any atom is -0.387 e.